The monoisotopic (exact) mass is 482 g/mol. The van der Waals surface area contributed by atoms with Crippen molar-refractivity contribution >= 4 is 5.97 Å². The van der Waals surface area contributed by atoms with Crippen molar-refractivity contribution in [2.24, 2.45) is 0 Å². The van der Waals surface area contributed by atoms with Gasteiger partial charge in [-0.2, -0.15) is 0 Å². The largest absolute Gasteiger partial charge is 0.464 e. The van der Waals surface area contributed by atoms with Crippen LogP contribution in [0.2, 0.25) is 0 Å². The summed E-state index contributed by atoms with van der Waals surface area (Å²) in [7, 11) is 1.33. The van der Waals surface area contributed by atoms with Gasteiger partial charge in [-0.05, 0) is 62.1 Å². The van der Waals surface area contributed by atoms with Gasteiger partial charge in [-0.1, -0.05) is 0 Å². The first-order chi connectivity index (χ1) is 17.6. The molecule has 4 aromatic heterocycles. The quantitative estimate of drug-likeness (QED) is 0.404. The Bertz CT molecular complexity index is 1340. The highest BCUT2D eigenvalue weighted by molar-refractivity contribution is 5.88. The predicted octanol–water partition coefficient (Wildman–Crippen LogP) is 4.11. The van der Waals surface area contributed by atoms with Gasteiger partial charge in [0.15, 0.2) is 5.69 Å². The van der Waals surface area contributed by atoms with Crippen LogP contribution in [0.25, 0.3) is 22.5 Å². The second-order valence-electron chi connectivity index (χ2n) is 8.82. The molecule has 9 nitrogen and oxygen atoms in total. The van der Waals surface area contributed by atoms with Crippen LogP contribution in [0.1, 0.15) is 65.1 Å². The topological polar surface area (TPSA) is 124 Å². The standard InChI is InChI=1S/C14H13N3O2.C13H13N3O/c1-19-14(18)13-6-12(16-8-17-13)10-4-5-11(15-7-10)9-2-3-9;17-7-11-5-13(16-8-15-11)10-3-4-12(14-6-10)9-1-2-9/h4-9H,2-3H2,1H3;3-6,8-9,17H,1-2,7H2. The number of methoxy groups -OCH3 is 1. The van der Waals surface area contributed by atoms with Crippen LogP contribution >= 0.6 is 0 Å². The van der Waals surface area contributed by atoms with Gasteiger partial charge in [0.05, 0.1) is 30.8 Å². The van der Waals surface area contributed by atoms with Gasteiger partial charge in [-0.3, -0.25) is 9.97 Å². The molecule has 0 radical (unpaired) electrons. The highest BCUT2D eigenvalue weighted by Crippen LogP contribution is 2.39. The number of aromatic nitrogens is 6. The number of esters is 1. The van der Waals surface area contributed by atoms with E-state index >= 15 is 0 Å². The minimum absolute atomic E-state index is 0.0664. The van der Waals surface area contributed by atoms with E-state index in [0.29, 0.717) is 23.2 Å². The molecule has 4 heterocycles. The lowest BCUT2D eigenvalue weighted by Crippen LogP contribution is -2.04. The first-order valence-electron chi connectivity index (χ1n) is 11.9. The molecule has 4 aromatic rings. The van der Waals surface area contributed by atoms with E-state index in [1.54, 1.807) is 18.3 Å². The molecule has 6 rings (SSSR count). The molecule has 9 heteroatoms. The zero-order valence-corrected chi connectivity index (χ0v) is 19.9. The van der Waals surface area contributed by atoms with Crippen molar-refractivity contribution in [2.45, 2.75) is 44.1 Å². The number of carbonyl (C=O) groups excluding carboxylic acids is 1. The molecule has 2 fully saturated rings. The summed E-state index contributed by atoms with van der Waals surface area (Å²) in [4.78, 5) is 36.5. The number of hydrogen-bond donors (Lipinski definition) is 1. The maximum Gasteiger partial charge on any atom is 0.356 e. The van der Waals surface area contributed by atoms with Crippen molar-refractivity contribution in [1.82, 2.24) is 29.9 Å². The minimum atomic E-state index is -0.466. The first kappa shape index (κ1) is 23.6. The molecule has 0 atom stereocenters. The van der Waals surface area contributed by atoms with Crippen LogP contribution in [-0.4, -0.2) is 48.1 Å². The van der Waals surface area contributed by atoms with Gasteiger partial charge in [-0.15, -0.1) is 0 Å². The lowest BCUT2D eigenvalue weighted by molar-refractivity contribution is 0.0594. The molecule has 0 spiro atoms. The van der Waals surface area contributed by atoms with E-state index in [1.807, 2.05) is 24.4 Å². The molecule has 1 N–H and O–H groups in total. The van der Waals surface area contributed by atoms with E-state index in [2.05, 4.69) is 40.7 Å². The van der Waals surface area contributed by atoms with Gasteiger partial charge < -0.3 is 9.84 Å². The van der Waals surface area contributed by atoms with Crippen molar-refractivity contribution < 1.29 is 14.6 Å². The average molecular weight is 483 g/mol. The van der Waals surface area contributed by atoms with Gasteiger partial charge in [-0.25, -0.2) is 24.7 Å². The summed E-state index contributed by atoms with van der Waals surface area (Å²) in [5.41, 5.74) is 6.49. The number of rotatable bonds is 6. The third kappa shape index (κ3) is 5.75. The van der Waals surface area contributed by atoms with Crippen molar-refractivity contribution in [2.75, 3.05) is 7.11 Å². The molecule has 0 saturated heterocycles. The minimum Gasteiger partial charge on any atom is -0.464 e. The fraction of sp³-hybridized carbons (Fsp3) is 0.296. The third-order valence-corrected chi connectivity index (χ3v) is 6.10. The van der Waals surface area contributed by atoms with Gasteiger partial charge in [0.2, 0.25) is 0 Å². The maximum absolute atomic E-state index is 11.4. The Morgan fingerprint density at radius 1 is 0.806 bits per heavy atom. The molecule has 0 unspecified atom stereocenters. The number of aliphatic hydroxyl groups excluding tert-OH is 1. The summed E-state index contributed by atoms with van der Waals surface area (Å²) in [6, 6.07) is 11.5. The Morgan fingerprint density at radius 2 is 1.36 bits per heavy atom. The summed E-state index contributed by atoms with van der Waals surface area (Å²) < 4.78 is 4.64. The van der Waals surface area contributed by atoms with Crippen molar-refractivity contribution in [3.8, 4) is 22.5 Å². The molecule has 0 aliphatic heterocycles. The van der Waals surface area contributed by atoms with E-state index in [4.69, 9.17) is 5.11 Å². The fourth-order valence-electron chi connectivity index (χ4n) is 3.73. The molecule has 2 aliphatic carbocycles. The van der Waals surface area contributed by atoms with Crippen LogP contribution < -0.4 is 0 Å². The zero-order valence-electron chi connectivity index (χ0n) is 19.9. The smallest absolute Gasteiger partial charge is 0.356 e. The van der Waals surface area contributed by atoms with E-state index < -0.39 is 5.97 Å². The number of pyridine rings is 2. The summed E-state index contributed by atoms with van der Waals surface area (Å²) in [6.45, 7) is -0.0664. The highest BCUT2D eigenvalue weighted by Gasteiger charge is 2.25. The molecular weight excluding hydrogens is 456 g/mol. The number of ether oxygens (including phenoxy) is 1. The van der Waals surface area contributed by atoms with E-state index in [1.165, 1.54) is 51.1 Å². The summed E-state index contributed by atoms with van der Waals surface area (Å²) >= 11 is 0. The van der Waals surface area contributed by atoms with Gasteiger partial charge >= 0.3 is 5.97 Å². The molecule has 2 aliphatic rings. The van der Waals surface area contributed by atoms with Crippen molar-refractivity contribution in [3.63, 3.8) is 0 Å². The number of carbonyl (C=O) groups is 1. The first-order valence-corrected chi connectivity index (χ1v) is 11.9. The summed E-state index contributed by atoms with van der Waals surface area (Å²) in [5.74, 6) is 0.832. The van der Waals surface area contributed by atoms with Crippen molar-refractivity contribution in [3.05, 3.63) is 84.2 Å². The maximum atomic E-state index is 11.4. The Morgan fingerprint density at radius 3 is 1.83 bits per heavy atom. The molecule has 2 saturated carbocycles. The molecule has 0 bridgehead atoms. The van der Waals surface area contributed by atoms with Crippen LogP contribution in [0.3, 0.4) is 0 Å². The van der Waals surface area contributed by atoms with Crippen LogP contribution in [-0.2, 0) is 11.3 Å². The average Bonchev–Trinajstić information content (AvgIpc) is 3.87. The van der Waals surface area contributed by atoms with Gasteiger partial charge in [0.25, 0.3) is 0 Å². The van der Waals surface area contributed by atoms with Crippen LogP contribution in [0.5, 0.6) is 0 Å². The Balaban J connectivity index is 0.000000149. The van der Waals surface area contributed by atoms with Crippen LogP contribution in [0.15, 0.2) is 61.4 Å². The molecule has 182 valence electrons. The Labute approximate surface area is 208 Å². The Hall–Kier alpha value is -4.11. The molecular formula is C27H26N6O3. The third-order valence-electron chi connectivity index (χ3n) is 6.10. The van der Waals surface area contributed by atoms with Crippen molar-refractivity contribution in [1.29, 1.82) is 0 Å². The van der Waals surface area contributed by atoms with E-state index in [9.17, 15) is 4.79 Å². The van der Waals surface area contributed by atoms with Gasteiger partial charge in [0, 0.05) is 46.7 Å². The summed E-state index contributed by atoms with van der Waals surface area (Å²) in [6.07, 6.45) is 11.4. The second kappa shape index (κ2) is 10.7. The van der Waals surface area contributed by atoms with E-state index in [-0.39, 0.29) is 12.3 Å². The Kier molecular flexibility index (Phi) is 6.99. The lowest BCUT2D eigenvalue weighted by atomic mass is 10.1. The normalized spacial score (nSPS) is 14.5. The van der Waals surface area contributed by atoms with Crippen LogP contribution in [0.4, 0.5) is 0 Å². The fourth-order valence-corrected chi connectivity index (χ4v) is 3.73. The predicted molar refractivity (Wildman–Crippen MR) is 132 cm³/mol. The number of aliphatic hydroxyl groups is 1. The number of nitrogens with zero attached hydrogens (tertiary/aromatic N) is 6. The van der Waals surface area contributed by atoms with Crippen LogP contribution in [0, 0.1) is 0 Å². The molecule has 36 heavy (non-hydrogen) atoms. The highest BCUT2D eigenvalue weighted by atomic mass is 16.5. The number of hydrogen-bond acceptors (Lipinski definition) is 9. The zero-order chi connectivity index (χ0) is 24.9. The lowest BCUT2D eigenvalue weighted by Gasteiger charge is -2.03. The van der Waals surface area contributed by atoms with Gasteiger partial charge in [0.1, 0.15) is 12.7 Å². The molecule has 0 aromatic carbocycles. The van der Waals surface area contributed by atoms with E-state index in [0.717, 1.165) is 22.5 Å². The SMILES string of the molecule is COC(=O)c1cc(-c2ccc(C3CC3)nc2)ncn1.OCc1cc(-c2ccc(C3CC3)nc2)ncn1. The summed E-state index contributed by atoms with van der Waals surface area (Å²) in [5, 5.41) is 9.03. The molecule has 0 amide bonds. The second-order valence-corrected chi connectivity index (χ2v) is 8.82.